The molecule has 0 aliphatic heterocycles. The van der Waals surface area contributed by atoms with Gasteiger partial charge in [0.25, 0.3) is 0 Å². The zero-order chi connectivity index (χ0) is 13.2. The van der Waals surface area contributed by atoms with Crippen LogP contribution in [0.2, 0.25) is 0 Å². The molecule has 7 heteroatoms. The highest BCUT2D eigenvalue weighted by Crippen LogP contribution is 2.16. The quantitative estimate of drug-likeness (QED) is 0.720. The van der Waals surface area contributed by atoms with E-state index in [-0.39, 0.29) is 6.42 Å². The number of pyridine rings is 1. The van der Waals surface area contributed by atoms with Crippen molar-refractivity contribution < 1.29 is 4.79 Å². The van der Waals surface area contributed by atoms with E-state index in [9.17, 15) is 4.79 Å². The predicted molar refractivity (Wildman–Crippen MR) is 66.9 cm³/mol. The van der Waals surface area contributed by atoms with Crippen LogP contribution in [0.3, 0.4) is 0 Å². The Hall–Kier alpha value is -2.83. The van der Waals surface area contributed by atoms with E-state index in [1.54, 1.807) is 12.4 Å². The van der Waals surface area contributed by atoms with E-state index in [0.29, 0.717) is 11.5 Å². The fourth-order valence-electron chi connectivity index (χ4n) is 1.78. The zero-order valence-electron chi connectivity index (χ0n) is 9.89. The van der Waals surface area contributed by atoms with Crippen LogP contribution in [0.4, 0.5) is 0 Å². The van der Waals surface area contributed by atoms with Crippen LogP contribution in [-0.2, 0) is 11.2 Å². The van der Waals surface area contributed by atoms with Gasteiger partial charge in [0, 0.05) is 6.20 Å². The molecule has 2 N–H and O–H groups in total. The van der Waals surface area contributed by atoms with Crippen LogP contribution in [0.1, 0.15) is 5.82 Å². The van der Waals surface area contributed by atoms with Gasteiger partial charge >= 0.3 is 0 Å². The van der Waals surface area contributed by atoms with Gasteiger partial charge in [-0.3, -0.25) is 9.20 Å². The summed E-state index contributed by atoms with van der Waals surface area (Å²) in [7, 11) is 0. The Labute approximate surface area is 108 Å². The second-order valence-electron chi connectivity index (χ2n) is 3.98. The van der Waals surface area contributed by atoms with Crippen molar-refractivity contribution in [2.24, 2.45) is 5.73 Å². The van der Waals surface area contributed by atoms with Crippen molar-refractivity contribution in [2.45, 2.75) is 6.42 Å². The number of carbonyl (C=O) groups is 1. The third-order valence-electron chi connectivity index (χ3n) is 2.62. The molecule has 0 bridgehead atoms. The standard InChI is InChI=1S/C12H10N6O/c13-10(19)5-11-14-6-8(16-17-11)9-7-15-12-3-1-2-4-18(9)12/h1-4,6-7H,5H2,(H2,13,19). The highest BCUT2D eigenvalue weighted by molar-refractivity contribution is 5.75. The molecule has 0 unspecified atom stereocenters. The lowest BCUT2D eigenvalue weighted by Gasteiger charge is -2.00. The van der Waals surface area contributed by atoms with Crippen molar-refractivity contribution in [1.82, 2.24) is 24.6 Å². The van der Waals surface area contributed by atoms with E-state index in [0.717, 1.165) is 11.3 Å². The molecule has 0 fully saturated rings. The molecule has 3 rings (SSSR count). The SMILES string of the molecule is NC(=O)Cc1ncc(-c2cnc3ccccn23)nn1. The summed E-state index contributed by atoms with van der Waals surface area (Å²) in [5, 5.41) is 7.92. The van der Waals surface area contributed by atoms with Crippen molar-refractivity contribution >= 4 is 11.6 Å². The Kier molecular flexibility index (Phi) is 2.64. The van der Waals surface area contributed by atoms with Gasteiger partial charge in [-0.1, -0.05) is 6.07 Å². The second-order valence-corrected chi connectivity index (χ2v) is 3.98. The summed E-state index contributed by atoms with van der Waals surface area (Å²) in [6.45, 7) is 0. The van der Waals surface area contributed by atoms with E-state index >= 15 is 0 Å². The maximum absolute atomic E-state index is 10.8. The second kappa shape index (κ2) is 4.45. The summed E-state index contributed by atoms with van der Waals surface area (Å²) >= 11 is 0. The number of amides is 1. The van der Waals surface area contributed by atoms with Gasteiger partial charge in [0.2, 0.25) is 5.91 Å². The zero-order valence-corrected chi connectivity index (χ0v) is 9.89. The number of fused-ring (bicyclic) bond motifs is 1. The van der Waals surface area contributed by atoms with E-state index in [2.05, 4.69) is 20.2 Å². The first-order chi connectivity index (χ1) is 9.24. The van der Waals surface area contributed by atoms with Crippen LogP contribution < -0.4 is 5.73 Å². The normalized spacial score (nSPS) is 10.7. The fourth-order valence-corrected chi connectivity index (χ4v) is 1.78. The highest BCUT2D eigenvalue weighted by atomic mass is 16.1. The van der Waals surface area contributed by atoms with Gasteiger partial charge in [-0.05, 0) is 12.1 Å². The van der Waals surface area contributed by atoms with Crippen LogP contribution in [0, 0.1) is 0 Å². The highest BCUT2D eigenvalue weighted by Gasteiger charge is 2.09. The largest absolute Gasteiger partial charge is 0.369 e. The summed E-state index contributed by atoms with van der Waals surface area (Å²) in [5.41, 5.74) is 7.27. The third-order valence-corrected chi connectivity index (χ3v) is 2.62. The number of nitrogens with zero attached hydrogens (tertiary/aromatic N) is 5. The van der Waals surface area contributed by atoms with E-state index in [4.69, 9.17) is 5.73 Å². The van der Waals surface area contributed by atoms with Gasteiger partial charge in [0.05, 0.1) is 24.5 Å². The van der Waals surface area contributed by atoms with E-state index < -0.39 is 5.91 Å². The molecule has 0 radical (unpaired) electrons. The molecule has 7 nitrogen and oxygen atoms in total. The molecular weight excluding hydrogens is 244 g/mol. The number of hydrogen-bond acceptors (Lipinski definition) is 5. The van der Waals surface area contributed by atoms with Crippen molar-refractivity contribution in [3.8, 4) is 11.4 Å². The number of rotatable bonds is 3. The van der Waals surface area contributed by atoms with Crippen LogP contribution in [0.15, 0.2) is 36.8 Å². The van der Waals surface area contributed by atoms with Crippen LogP contribution in [0.25, 0.3) is 17.0 Å². The summed E-state index contributed by atoms with van der Waals surface area (Å²) in [4.78, 5) is 19.1. The van der Waals surface area contributed by atoms with Gasteiger partial charge in [-0.2, -0.15) is 0 Å². The molecule has 0 atom stereocenters. The lowest BCUT2D eigenvalue weighted by Crippen LogP contribution is -2.16. The number of imidazole rings is 1. The van der Waals surface area contributed by atoms with Crippen molar-refractivity contribution in [3.63, 3.8) is 0 Å². The maximum Gasteiger partial charge on any atom is 0.225 e. The minimum atomic E-state index is -0.482. The number of hydrogen-bond donors (Lipinski definition) is 1. The van der Waals surface area contributed by atoms with Crippen molar-refractivity contribution in [2.75, 3.05) is 0 Å². The van der Waals surface area contributed by atoms with Crippen LogP contribution in [-0.4, -0.2) is 30.5 Å². The molecule has 3 aromatic rings. The number of carbonyl (C=O) groups excluding carboxylic acids is 1. The third kappa shape index (κ3) is 2.13. The van der Waals surface area contributed by atoms with Crippen LogP contribution in [0.5, 0.6) is 0 Å². The first kappa shape index (κ1) is 11.3. The first-order valence-electron chi connectivity index (χ1n) is 5.63. The molecule has 0 saturated carbocycles. The van der Waals surface area contributed by atoms with Gasteiger partial charge in [0.15, 0.2) is 5.82 Å². The number of nitrogens with two attached hydrogens (primary N) is 1. The molecule has 1 amide bonds. The van der Waals surface area contributed by atoms with Gasteiger partial charge in [-0.15, -0.1) is 10.2 Å². The van der Waals surface area contributed by atoms with Crippen LogP contribution >= 0.6 is 0 Å². The minimum absolute atomic E-state index is 0.0135. The summed E-state index contributed by atoms with van der Waals surface area (Å²) in [5.74, 6) is -0.172. The molecule has 3 aromatic heterocycles. The lowest BCUT2D eigenvalue weighted by molar-refractivity contribution is -0.117. The minimum Gasteiger partial charge on any atom is -0.369 e. The lowest BCUT2D eigenvalue weighted by atomic mass is 10.3. The van der Waals surface area contributed by atoms with Crippen molar-refractivity contribution in [3.05, 3.63) is 42.6 Å². The summed E-state index contributed by atoms with van der Waals surface area (Å²) in [6.07, 6.45) is 5.13. The molecule has 0 aliphatic rings. The topological polar surface area (TPSA) is 99.1 Å². The molecular formula is C12H10N6O. The van der Waals surface area contributed by atoms with Crippen molar-refractivity contribution in [1.29, 1.82) is 0 Å². The van der Waals surface area contributed by atoms with Gasteiger partial charge in [0.1, 0.15) is 11.3 Å². The first-order valence-corrected chi connectivity index (χ1v) is 5.63. The van der Waals surface area contributed by atoms with Gasteiger partial charge in [-0.25, -0.2) is 9.97 Å². The van der Waals surface area contributed by atoms with E-state index in [1.165, 1.54) is 0 Å². The molecule has 0 saturated heterocycles. The Morgan fingerprint density at radius 3 is 2.84 bits per heavy atom. The molecule has 94 valence electrons. The molecule has 19 heavy (non-hydrogen) atoms. The average molecular weight is 254 g/mol. The Bertz CT molecular complexity index is 733. The Morgan fingerprint density at radius 1 is 1.21 bits per heavy atom. The molecule has 0 spiro atoms. The van der Waals surface area contributed by atoms with E-state index in [1.807, 2.05) is 28.8 Å². The molecule has 0 aromatic carbocycles. The maximum atomic E-state index is 10.8. The fraction of sp³-hybridized carbons (Fsp3) is 0.0833. The van der Waals surface area contributed by atoms with Gasteiger partial charge < -0.3 is 5.73 Å². The number of aromatic nitrogens is 5. The summed E-state index contributed by atoms with van der Waals surface area (Å²) < 4.78 is 1.89. The smallest absolute Gasteiger partial charge is 0.225 e. The molecule has 0 aliphatic carbocycles. The summed E-state index contributed by atoms with van der Waals surface area (Å²) in [6, 6.07) is 5.71. The number of primary amides is 1. The average Bonchev–Trinajstić information content (AvgIpc) is 2.83. The molecule has 3 heterocycles. The monoisotopic (exact) mass is 254 g/mol. The predicted octanol–water partition coefficient (Wildman–Crippen LogP) is 0.214. The Balaban J connectivity index is 2.00. The Morgan fingerprint density at radius 2 is 2.11 bits per heavy atom.